The second-order valence-corrected chi connectivity index (χ2v) is 7.01. The van der Waals surface area contributed by atoms with Crippen molar-refractivity contribution in [3.63, 3.8) is 0 Å². The predicted octanol–water partition coefficient (Wildman–Crippen LogP) is 4.20. The fourth-order valence-corrected chi connectivity index (χ4v) is 3.58. The Morgan fingerprint density at radius 1 is 1.17 bits per heavy atom. The number of nitrogens with one attached hydrogen (secondary N) is 1. The number of epoxide rings is 1. The summed E-state index contributed by atoms with van der Waals surface area (Å²) in [6.45, 7) is 4.28. The smallest absolute Gasteiger partial charge is 0.185 e. The Kier molecular flexibility index (Phi) is 4.04. The molecule has 3 heterocycles. The maximum absolute atomic E-state index is 5.77. The molecule has 1 aliphatic heterocycles. The van der Waals surface area contributed by atoms with Gasteiger partial charge >= 0.3 is 0 Å². The van der Waals surface area contributed by atoms with Crippen LogP contribution in [-0.4, -0.2) is 22.3 Å². The molecule has 1 N–H and O–H groups in total. The summed E-state index contributed by atoms with van der Waals surface area (Å²) in [6, 6.07) is 10.5. The summed E-state index contributed by atoms with van der Waals surface area (Å²) < 4.78 is 5.77. The lowest BCUT2D eigenvalue weighted by molar-refractivity contribution is 0.381. The maximum atomic E-state index is 5.77. The van der Waals surface area contributed by atoms with Gasteiger partial charge in [0.15, 0.2) is 11.4 Å². The molecule has 0 spiro atoms. The molecular weight excluding hydrogens is 318 g/mol. The highest BCUT2D eigenvalue weighted by molar-refractivity contribution is 7.14. The van der Waals surface area contributed by atoms with Gasteiger partial charge in [-0.1, -0.05) is 23.8 Å². The Morgan fingerprint density at radius 2 is 2.00 bits per heavy atom. The van der Waals surface area contributed by atoms with E-state index in [2.05, 4.69) is 52.7 Å². The number of ether oxygens (including phenoxy) is 1. The van der Waals surface area contributed by atoms with Gasteiger partial charge in [0.2, 0.25) is 0 Å². The molecule has 0 amide bonds. The summed E-state index contributed by atoms with van der Waals surface area (Å²) in [6.07, 6.45) is 4.78. The highest BCUT2D eigenvalue weighted by Crippen LogP contribution is 2.31. The molecule has 122 valence electrons. The van der Waals surface area contributed by atoms with E-state index >= 15 is 0 Å². The highest BCUT2D eigenvalue weighted by atomic mass is 32.1. The van der Waals surface area contributed by atoms with Gasteiger partial charge in [-0.15, -0.1) is 11.3 Å². The van der Waals surface area contributed by atoms with E-state index in [9.17, 15) is 0 Å². The van der Waals surface area contributed by atoms with Crippen molar-refractivity contribution < 1.29 is 4.74 Å². The summed E-state index contributed by atoms with van der Waals surface area (Å²) in [5, 5.41) is 6.33. The molecule has 24 heavy (non-hydrogen) atoms. The van der Waals surface area contributed by atoms with Crippen LogP contribution in [0.4, 0.5) is 5.13 Å². The van der Waals surface area contributed by atoms with Crippen LogP contribution >= 0.6 is 11.3 Å². The van der Waals surface area contributed by atoms with E-state index in [0.29, 0.717) is 0 Å². The van der Waals surface area contributed by atoms with Gasteiger partial charge in [-0.3, -0.25) is 4.98 Å². The van der Waals surface area contributed by atoms with Gasteiger partial charge in [-0.2, -0.15) is 0 Å². The number of nitrogens with zero attached hydrogens (tertiary/aromatic N) is 2. The molecule has 0 saturated carbocycles. The largest absolute Gasteiger partial charge is 0.347 e. The zero-order valence-corrected chi connectivity index (χ0v) is 14.5. The first-order chi connectivity index (χ1) is 11.7. The second kappa shape index (κ2) is 6.34. The van der Waals surface area contributed by atoms with Crippen molar-refractivity contribution >= 4 is 16.5 Å². The van der Waals surface area contributed by atoms with Crippen molar-refractivity contribution in [3.8, 4) is 11.3 Å². The Hall–Kier alpha value is -2.24. The van der Waals surface area contributed by atoms with Crippen molar-refractivity contribution in [2.24, 2.45) is 0 Å². The van der Waals surface area contributed by atoms with Gasteiger partial charge in [-0.05, 0) is 37.1 Å². The average Bonchev–Trinajstić information content (AvgIpc) is 3.12. The minimum Gasteiger partial charge on any atom is -0.347 e. The molecule has 4 nitrogen and oxygen atoms in total. The van der Waals surface area contributed by atoms with Gasteiger partial charge in [0.25, 0.3) is 0 Å². The lowest BCUT2D eigenvalue weighted by Gasteiger charge is -2.05. The number of hydrogen-bond acceptors (Lipinski definition) is 5. The fraction of sp³-hybridized carbons (Fsp3) is 0.263. The average molecular weight is 337 g/mol. The molecule has 5 heteroatoms. The van der Waals surface area contributed by atoms with Crippen molar-refractivity contribution in [2.75, 3.05) is 5.32 Å². The summed E-state index contributed by atoms with van der Waals surface area (Å²) in [4.78, 5) is 8.67. The fourth-order valence-electron chi connectivity index (χ4n) is 2.83. The molecule has 1 aromatic carbocycles. The van der Waals surface area contributed by atoms with Crippen LogP contribution in [0.25, 0.3) is 11.3 Å². The van der Waals surface area contributed by atoms with Crippen LogP contribution in [0.15, 0.2) is 48.1 Å². The lowest BCUT2D eigenvalue weighted by Crippen LogP contribution is -2.09. The Labute approximate surface area is 145 Å². The number of anilines is 1. The molecule has 0 radical (unpaired) electrons. The third kappa shape index (κ3) is 3.32. The first-order valence-electron chi connectivity index (χ1n) is 8.03. The zero-order valence-electron chi connectivity index (χ0n) is 13.7. The first-order valence-corrected chi connectivity index (χ1v) is 8.91. The van der Waals surface area contributed by atoms with E-state index in [0.717, 1.165) is 22.8 Å². The molecular formula is C19H19N3OS. The minimum atomic E-state index is 0.0575. The normalized spacial score (nSPS) is 19.2. The minimum absolute atomic E-state index is 0.0575. The first kappa shape index (κ1) is 15.3. The van der Waals surface area contributed by atoms with E-state index in [1.807, 2.05) is 12.1 Å². The van der Waals surface area contributed by atoms with Crippen molar-refractivity contribution in [2.45, 2.75) is 32.6 Å². The van der Waals surface area contributed by atoms with Crippen molar-refractivity contribution in [1.29, 1.82) is 0 Å². The zero-order chi connectivity index (χ0) is 16.5. The number of thiazole rings is 1. The summed E-state index contributed by atoms with van der Waals surface area (Å²) in [5.41, 5.74) is 6.04. The molecule has 2 aromatic heterocycles. The summed E-state index contributed by atoms with van der Waals surface area (Å²) >= 11 is 1.60. The van der Waals surface area contributed by atoms with Gasteiger partial charge in [-0.25, -0.2) is 4.98 Å². The van der Waals surface area contributed by atoms with Gasteiger partial charge in [0, 0.05) is 29.8 Å². The van der Waals surface area contributed by atoms with Gasteiger partial charge < -0.3 is 10.1 Å². The van der Waals surface area contributed by atoms with Crippen LogP contribution in [0.1, 0.15) is 16.7 Å². The summed E-state index contributed by atoms with van der Waals surface area (Å²) in [7, 11) is 0. The molecule has 1 fully saturated rings. The number of aryl methyl sites for hydroxylation is 2. The molecule has 1 saturated heterocycles. The Morgan fingerprint density at radius 3 is 2.79 bits per heavy atom. The molecule has 0 aliphatic carbocycles. The standard InChI is InChI=1S/C19H19N3OS/c1-12-3-4-15(13(2)9-12)10-17-18(23-17)22-19-21-16(11-24-19)14-5-7-20-8-6-14/h3-9,11,17-18H,10H2,1-2H3,(H,21,22). The quantitative estimate of drug-likeness (QED) is 0.709. The number of pyridine rings is 1. The monoisotopic (exact) mass is 337 g/mol. The summed E-state index contributed by atoms with van der Waals surface area (Å²) in [5.74, 6) is 0. The SMILES string of the molecule is Cc1ccc(CC2OC2Nc2nc(-c3ccncc3)cs2)c(C)c1. The molecule has 1 aliphatic rings. The topological polar surface area (TPSA) is 50.3 Å². The van der Waals surface area contributed by atoms with Crippen LogP contribution in [0.5, 0.6) is 0 Å². The van der Waals surface area contributed by atoms with Crippen LogP contribution in [0.2, 0.25) is 0 Å². The molecule has 3 aromatic rings. The Balaban J connectivity index is 1.37. The van der Waals surface area contributed by atoms with E-state index in [1.165, 1.54) is 16.7 Å². The number of benzene rings is 1. The lowest BCUT2D eigenvalue weighted by atomic mass is 10.0. The van der Waals surface area contributed by atoms with Crippen molar-refractivity contribution in [3.05, 3.63) is 64.8 Å². The molecule has 2 unspecified atom stereocenters. The maximum Gasteiger partial charge on any atom is 0.185 e. The van der Waals surface area contributed by atoms with Crippen LogP contribution in [0.3, 0.4) is 0 Å². The van der Waals surface area contributed by atoms with E-state index in [4.69, 9.17) is 4.74 Å². The van der Waals surface area contributed by atoms with Crippen molar-refractivity contribution in [1.82, 2.24) is 9.97 Å². The second-order valence-electron chi connectivity index (χ2n) is 6.15. The predicted molar refractivity (Wildman–Crippen MR) is 97.2 cm³/mol. The van der Waals surface area contributed by atoms with Gasteiger partial charge in [0.1, 0.15) is 6.10 Å². The van der Waals surface area contributed by atoms with E-state index in [-0.39, 0.29) is 12.3 Å². The molecule has 4 rings (SSSR count). The van der Waals surface area contributed by atoms with Gasteiger partial charge in [0.05, 0.1) is 5.69 Å². The van der Waals surface area contributed by atoms with Crippen LogP contribution < -0.4 is 5.32 Å². The third-order valence-corrected chi connectivity index (χ3v) is 5.02. The molecule has 0 bridgehead atoms. The number of aromatic nitrogens is 2. The number of hydrogen-bond donors (Lipinski definition) is 1. The molecule has 2 atom stereocenters. The highest BCUT2D eigenvalue weighted by Gasteiger charge is 2.39. The Bertz CT molecular complexity index is 847. The van der Waals surface area contributed by atoms with E-state index < -0.39 is 0 Å². The van der Waals surface area contributed by atoms with E-state index in [1.54, 1.807) is 23.7 Å². The number of rotatable bonds is 5. The van der Waals surface area contributed by atoms with Crippen LogP contribution in [0, 0.1) is 13.8 Å². The van der Waals surface area contributed by atoms with Crippen LogP contribution in [-0.2, 0) is 11.2 Å². The third-order valence-electron chi connectivity index (χ3n) is 4.25.